The molecule has 2 aromatic carbocycles. The van der Waals surface area contributed by atoms with Gasteiger partial charge in [-0.3, -0.25) is 0 Å². The van der Waals surface area contributed by atoms with Crippen LogP contribution >= 0.6 is 23.2 Å². The molecule has 0 radical (unpaired) electrons. The zero-order chi connectivity index (χ0) is 24.4. The molecule has 0 unspecified atom stereocenters. The first-order chi connectivity index (χ1) is 17.0. The number of halogens is 2. The van der Waals surface area contributed by atoms with Gasteiger partial charge in [0.25, 0.3) is 0 Å². The van der Waals surface area contributed by atoms with Crippen molar-refractivity contribution in [2.45, 2.75) is 33.1 Å². The van der Waals surface area contributed by atoms with Crippen LogP contribution in [0.1, 0.15) is 54.0 Å². The average Bonchev–Trinajstić information content (AvgIpc) is 3.58. The van der Waals surface area contributed by atoms with Crippen molar-refractivity contribution in [2.24, 2.45) is 4.99 Å². The van der Waals surface area contributed by atoms with Crippen molar-refractivity contribution >= 4 is 35.0 Å². The number of nitrogens with zero attached hydrogens (tertiary/aromatic N) is 1. The van der Waals surface area contributed by atoms with Crippen LogP contribution in [0.5, 0.6) is 0 Å². The Kier molecular flexibility index (Phi) is 6.81. The van der Waals surface area contributed by atoms with Crippen LogP contribution in [0.2, 0.25) is 10.0 Å². The molecule has 35 heavy (non-hydrogen) atoms. The molecule has 0 saturated heterocycles. The first-order valence-corrected chi connectivity index (χ1v) is 12.6. The Morgan fingerprint density at radius 3 is 2.14 bits per heavy atom. The maximum Gasteiger partial charge on any atom is 0.0906 e. The maximum atomic E-state index is 6.12. The summed E-state index contributed by atoms with van der Waals surface area (Å²) in [6.07, 6.45) is 6.69. The molecular weight excluding hydrogens is 473 g/mol. The molecule has 2 aromatic heterocycles. The molecule has 1 aliphatic heterocycles. The SMILES string of the molecule is CCC1=C(C)C(=Cc2[nH]c(Cc3ccc(Cl)cc3)cc2Cc2ccc(Cl)cc2)N=C1c1ccc[nH]1. The Morgan fingerprint density at radius 2 is 1.54 bits per heavy atom. The lowest BCUT2D eigenvalue weighted by molar-refractivity contribution is 1.10. The highest BCUT2D eigenvalue weighted by molar-refractivity contribution is 6.30. The van der Waals surface area contributed by atoms with Crippen LogP contribution in [0.15, 0.2) is 94.8 Å². The van der Waals surface area contributed by atoms with E-state index in [1.165, 1.54) is 27.8 Å². The van der Waals surface area contributed by atoms with Gasteiger partial charge in [-0.2, -0.15) is 0 Å². The number of aromatic amines is 2. The molecule has 0 spiro atoms. The van der Waals surface area contributed by atoms with E-state index < -0.39 is 0 Å². The molecule has 3 nitrogen and oxygen atoms in total. The predicted octanol–water partition coefficient (Wildman–Crippen LogP) is 8.40. The first kappa shape index (κ1) is 23.5. The molecule has 4 aromatic rings. The fourth-order valence-corrected chi connectivity index (χ4v) is 4.86. The van der Waals surface area contributed by atoms with Crippen LogP contribution in [0, 0.1) is 0 Å². The molecule has 1 aliphatic rings. The Labute approximate surface area is 216 Å². The van der Waals surface area contributed by atoms with Gasteiger partial charge in [-0.05, 0) is 96.1 Å². The molecule has 5 rings (SSSR count). The number of benzene rings is 2. The van der Waals surface area contributed by atoms with Crippen molar-refractivity contribution in [3.8, 4) is 0 Å². The van der Waals surface area contributed by atoms with Crippen molar-refractivity contribution in [3.05, 3.63) is 134 Å². The van der Waals surface area contributed by atoms with Gasteiger partial charge in [0.05, 0.1) is 17.1 Å². The second-order valence-electron chi connectivity index (χ2n) is 8.87. The summed E-state index contributed by atoms with van der Waals surface area (Å²) >= 11 is 12.2. The molecule has 0 saturated carbocycles. The number of hydrogen-bond donors (Lipinski definition) is 2. The summed E-state index contributed by atoms with van der Waals surface area (Å²) in [5, 5.41) is 1.50. The summed E-state index contributed by atoms with van der Waals surface area (Å²) < 4.78 is 0. The number of allylic oxidation sites excluding steroid dienone is 2. The van der Waals surface area contributed by atoms with E-state index in [0.29, 0.717) is 0 Å². The quantitative estimate of drug-likeness (QED) is 0.256. The van der Waals surface area contributed by atoms with Gasteiger partial charge < -0.3 is 9.97 Å². The van der Waals surface area contributed by atoms with Gasteiger partial charge in [-0.25, -0.2) is 4.99 Å². The Morgan fingerprint density at radius 1 is 0.886 bits per heavy atom. The van der Waals surface area contributed by atoms with Gasteiger partial charge in [0, 0.05) is 34.1 Å². The van der Waals surface area contributed by atoms with Gasteiger partial charge in [0.1, 0.15) is 0 Å². The monoisotopic (exact) mass is 499 g/mol. The van der Waals surface area contributed by atoms with Crippen molar-refractivity contribution in [2.75, 3.05) is 0 Å². The maximum absolute atomic E-state index is 6.12. The van der Waals surface area contributed by atoms with Crippen molar-refractivity contribution in [1.82, 2.24) is 9.97 Å². The molecule has 2 N–H and O–H groups in total. The van der Waals surface area contributed by atoms with E-state index in [1.807, 2.05) is 36.5 Å². The van der Waals surface area contributed by atoms with Gasteiger partial charge in [-0.1, -0.05) is 54.4 Å². The zero-order valence-corrected chi connectivity index (χ0v) is 21.3. The summed E-state index contributed by atoms with van der Waals surface area (Å²) in [6, 6.07) is 22.4. The number of nitrogens with one attached hydrogen (secondary N) is 2. The fourth-order valence-electron chi connectivity index (χ4n) is 4.61. The van der Waals surface area contributed by atoms with Crippen LogP contribution in [0.25, 0.3) is 6.08 Å². The largest absolute Gasteiger partial charge is 0.360 e. The van der Waals surface area contributed by atoms with Gasteiger partial charge in [0.2, 0.25) is 0 Å². The summed E-state index contributed by atoms with van der Waals surface area (Å²) in [5.41, 5.74) is 11.5. The summed E-state index contributed by atoms with van der Waals surface area (Å²) in [7, 11) is 0. The molecule has 0 amide bonds. The number of rotatable bonds is 7. The third kappa shape index (κ3) is 5.22. The fraction of sp³-hybridized carbons (Fsp3) is 0.167. The van der Waals surface area contributed by atoms with Crippen molar-refractivity contribution in [1.29, 1.82) is 0 Å². The third-order valence-electron chi connectivity index (χ3n) is 6.45. The standard InChI is InChI=1S/C30H27Cl2N3/c1-3-26-19(2)28(35-30(26)27-5-4-14-33-27)18-29-22(15-20-6-10-23(31)11-7-20)17-25(34-29)16-21-8-12-24(32)13-9-21/h4-14,17-18,33-34H,3,15-16H2,1-2H3. The van der Waals surface area contributed by atoms with E-state index in [0.717, 1.165) is 57.8 Å². The third-order valence-corrected chi connectivity index (χ3v) is 6.95. The number of hydrogen-bond acceptors (Lipinski definition) is 1. The van der Waals surface area contributed by atoms with Gasteiger partial charge in [0.15, 0.2) is 0 Å². The van der Waals surface area contributed by atoms with Crippen molar-refractivity contribution < 1.29 is 0 Å². The molecule has 0 fully saturated rings. The van der Waals surface area contributed by atoms with Gasteiger partial charge >= 0.3 is 0 Å². The lowest BCUT2D eigenvalue weighted by Crippen LogP contribution is -2.02. The molecule has 0 bridgehead atoms. The normalized spacial score (nSPS) is 14.7. The molecule has 5 heteroatoms. The highest BCUT2D eigenvalue weighted by Gasteiger charge is 2.22. The lowest BCUT2D eigenvalue weighted by atomic mass is 10.0. The van der Waals surface area contributed by atoms with Crippen LogP contribution in [0.3, 0.4) is 0 Å². The molecular formula is C30H27Cl2N3. The van der Waals surface area contributed by atoms with E-state index in [2.05, 4.69) is 66.3 Å². The molecule has 176 valence electrons. The first-order valence-electron chi connectivity index (χ1n) is 11.8. The molecule has 0 aliphatic carbocycles. The highest BCUT2D eigenvalue weighted by Crippen LogP contribution is 2.32. The Balaban J connectivity index is 1.53. The zero-order valence-electron chi connectivity index (χ0n) is 19.8. The van der Waals surface area contributed by atoms with E-state index in [4.69, 9.17) is 28.2 Å². The highest BCUT2D eigenvalue weighted by atomic mass is 35.5. The minimum atomic E-state index is 0.749. The predicted molar refractivity (Wildman–Crippen MR) is 148 cm³/mol. The second kappa shape index (κ2) is 10.2. The Bertz CT molecular complexity index is 1420. The van der Waals surface area contributed by atoms with E-state index in [1.54, 1.807) is 0 Å². The molecule has 0 atom stereocenters. The van der Waals surface area contributed by atoms with Crippen LogP contribution in [0.4, 0.5) is 0 Å². The minimum Gasteiger partial charge on any atom is -0.360 e. The number of aromatic nitrogens is 2. The van der Waals surface area contributed by atoms with E-state index in [-0.39, 0.29) is 0 Å². The number of H-pyrrole nitrogens is 2. The Hall–Kier alpha value is -3.27. The number of aliphatic imine (C=N–C) groups is 1. The summed E-state index contributed by atoms with van der Waals surface area (Å²) in [5.74, 6) is 0. The lowest BCUT2D eigenvalue weighted by Gasteiger charge is -2.04. The summed E-state index contributed by atoms with van der Waals surface area (Å²) in [4.78, 5) is 12.0. The van der Waals surface area contributed by atoms with Crippen molar-refractivity contribution in [3.63, 3.8) is 0 Å². The van der Waals surface area contributed by atoms with E-state index >= 15 is 0 Å². The van der Waals surface area contributed by atoms with Crippen LogP contribution in [-0.2, 0) is 12.8 Å². The van der Waals surface area contributed by atoms with Crippen LogP contribution < -0.4 is 0 Å². The minimum absolute atomic E-state index is 0.749. The average molecular weight is 500 g/mol. The second-order valence-corrected chi connectivity index (χ2v) is 9.74. The molecule has 3 heterocycles. The smallest absolute Gasteiger partial charge is 0.0906 e. The van der Waals surface area contributed by atoms with Gasteiger partial charge in [-0.15, -0.1) is 0 Å². The van der Waals surface area contributed by atoms with Crippen LogP contribution in [-0.4, -0.2) is 15.7 Å². The van der Waals surface area contributed by atoms with E-state index in [9.17, 15) is 0 Å². The topological polar surface area (TPSA) is 43.9 Å². The summed E-state index contributed by atoms with van der Waals surface area (Å²) in [6.45, 7) is 4.35.